The zero-order valence-corrected chi connectivity index (χ0v) is 18.9. The molecule has 1 saturated carbocycles. The third-order valence-electron chi connectivity index (χ3n) is 5.00. The molecule has 2 aromatic carbocycles. The Labute approximate surface area is 181 Å². The quantitative estimate of drug-likeness (QED) is 0.472. The molecule has 0 saturated heterocycles. The summed E-state index contributed by atoms with van der Waals surface area (Å²) in [7, 11) is 0. The molecule has 0 unspecified atom stereocenters. The summed E-state index contributed by atoms with van der Waals surface area (Å²) >= 11 is 6.72. The Morgan fingerprint density at radius 2 is 1.25 bits per heavy atom. The fourth-order valence-corrected chi connectivity index (χ4v) is 4.17. The fraction of sp³-hybridized carbons (Fsp3) is 0.364. The molecule has 6 heteroatoms. The topological polar surface area (TPSA) is 52.6 Å². The van der Waals surface area contributed by atoms with E-state index >= 15 is 0 Å². The third-order valence-corrected chi connectivity index (χ3v) is 6.05. The van der Waals surface area contributed by atoms with Crippen molar-refractivity contribution < 1.29 is 19.1 Å². The van der Waals surface area contributed by atoms with E-state index in [4.69, 9.17) is 9.47 Å². The fourth-order valence-electron chi connectivity index (χ4n) is 3.64. The lowest BCUT2D eigenvalue weighted by atomic mass is 9.79. The van der Waals surface area contributed by atoms with Crippen molar-refractivity contribution in [3.63, 3.8) is 0 Å². The van der Waals surface area contributed by atoms with E-state index in [2.05, 4.69) is 38.8 Å². The van der Waals surface area contributed by atoms with Gasteiger partial charge in [0.1, 0.15) is 12.2 Å². The van der Waals surface area contributed by atoms with Crippen molar-refractivity contribution in [2.24, 2.45) is 11.8 Å². The molecule has 0 aromatic heterocycles. The van der Waals surface area contributed by atoms with Crippen LogP contribution in [0.1, 0.15) is 47.4 Å². The molecule has 0 heterocycles. The van der Waals surface area contributed by atoms with E-state index in [-0.39, 0.29) is 5.92 Å². The van der Waals surface area contributed by atoms with Gasteiger partial charge in [-0.15, -0.1) is 0 Å². The SMILES string of the molecule is C[C@H]1C[C@@H](C)[C@@H](OC(=O)c2ccc(Br)cc2)[C@@H](OC(=O)c2ccc(Br)cc2)C1. The van der Waals surface area contributed by atoms with Crippen LogP contribution in [0.3, 0.4) is 0 Å². The summed E-state index contributed by atoms with van der Waals surface area (Å²) in [5.74, 6) is -0.307. The minimum absolute atomic E-state index is 0.103. The van der Waals surface area contributed by atoms with Crippen LogP contribution in [0.25, 0.3) is 0 Å². The van der Waals surface area contributed by atoms with E-state index < -0.39 is 24.1 Å². The van der Waals surface area contributed by atoms with Crippen molar-refractivity contribution in [1.82, 2.24) is 0 Å². The van der Waals surface area contributed by atoms with Gasteiger partial charge in [0.25, 0.3) is 0 Å². The van der Waals surface area contributed by atoms with Crippen LogP contribution in [0.2, 0.25) is 0 Å². The van der Waals surface area contributed by atoms with Crippen LogP contribution in [0.15, 0.2) is 57.5 Å². The van der Waals surface area contributed by atoms with Crippen LogP contribution in [0.5, 0.6) is 0 Å². The van der Waals surface area contributed by atoms with Crippen molar-refractivity contribution in [3.8, 4) is 0 Å². The number of hydrogen-bond acceptors (Lipinski definition) is 4. The normalized spacial score (nSPS) is 24.4. The molecule has 4 nitrogen and oxygen atoms in total. The predicted molar refractivity (Wildman–Crippen MR) is 114 cm³/mol. The molecule has 28 heavy (non-hydrogen) atoms. The first-order valence-corrected chi connectivity index (χ1v) is 10.8. The van der Waals surface area contributed by atoms with Gasteiger partial charge in [-0.2, -0.15) is 0 Å². The molecular weight excluding hydrogens is 488 g/mol. The Balaban J connectivity index is 1.74. The molecule has 2 aromatic rings. The van der Waals surface area contributed by atoms with Crippen LogP contribution in [-0.2, 0) is 9.47 Å². The largest absolute Gasteiger partial charge is 0.455 e. The van der Waals surface area contributed by atoms with E-state index in [1.54, 1.807) is 48.5 Å². The Bertz CT molecular complexity index is 833. The van der Waals surface area contributed by atoms with Crippen LogP contribution < -0.4 is 0 Å². The maximum absolute atomic E-state index is 12.6. The highest BCUT2D eigenvalue weighted by Crippen LogP contribution is 2.34. The van der Waals surface area contributed by atoms with Gasteiger partial charge in [-0.3, -0.25) is 0 Å². The van der Waals surface area contributed by atoms with Crippen LogP contribution in [0.4, 0.5) is 0 Å². The lowest BCUT2D eigenvalue weighted by molar-refractivity contribution is -0.0800. The zero-order valence-electron chi connectivity index (χ0n) is 15.7. The van der Waals surface area contributed by atoms with E-state index in [1.165, 1.54) is 0 Å². The van der Waals surface area contributed by atoms with Crippen molar-refractivity contribution >= 4 is 43.8 Å². The van der Waals surface area contributed by atoms with Crippen molar-refractivity contribution in [1.29, 1.82) is 0 Å². The van der Waals surface area contributed by atoms with Gasteiger partial charge in [0, 0.05) is 8.95 Å². The number of benzene rings is 2. The number of ether oxygens (including phenoxy) is 2. The molecule has 0 radical (unpaired) electrons. The first kappa shape index (κ1) is 21.1. The second kappa shape index (κ2) is 9.23. The van der Waals surface area contributed by atoms with Crippen LogP contribution >= 0.6 is 31.9 Å². The number of rotatable bonds is 4. The molecule has 0 amide bonds. The lowest BCUT2D eigenvalue weighted by Gasteiger charge is -2.38. The Morgan fingerprint density at radius 1 is 0.786 bits per heavy atom. The van der Waals surface area contributed by atoms with Gasteiger partial charge in [0.2, 0.25) is 0 Å². The van der Waals surface area contributed by atoms with Gasteiger partial charge < -0.3 is 9.47 Å². The minimum Gasteiger partial charge on any atom is -0.455 e. The summed E-state index contributed by atoms with van der Waals surface area (Å²) in [6, 6.07) is 14.1. The average Bonchev–Trinajstić information content (AvgIpc) is 2.65. The maximum Gasteiger partial charge on any atom is 0.338 e. The van der Waals surface area contributed by atoms with Gasteiger partial charge in [0.15, 0.2) is 0 Å². The predicted octanol–water partition coefficient (Wildman–Crippen LogP) is 6.03. The summed E-state index contributed by atoms with van der Waals surface area (Å²) in [4.78, 5) is 25.2. The second-order valence-corrected chi connectivity index (χ2v) is 9.21. The number of halogens is 2. The Hall–Kier alpha value is -1.66. The third kappa shape index (κ3) is 5.23. The number of carbonyl (C=O) groups is 2. The zero-order chi connectivity index (χ0) is 20.3. The van der Waals surface area contributed by atoms with E-state index in [0.29, 0.717) is 23.5 Å². The summed E-state index contributed by atoms with van der Waals surface area (Å²) in [5, 5.41) is 0. The number of esters is 2. The summed E-state index contributed by atoms with van der Waals surface area (Å²) < 4.78 is 13.4. The van der Waals surface area contributed by atoms with Gasteiger partial charge in [0.05, 0.1) is 11.1 Å². The monoisotopic (exact) mass is 508 g/mol. The highest BCUT2D eigenvalue weighted by molar-refractivity contribution is 9.10. The first-order valence-electron chi connectivity index (χ1n) is 9.26. The molecule has 148 valence electrons. The van der Waals surface area contributed by atoms with Gasteiger partial charge >= 0.3 is 11.9 Å². The van der Waals surface area contributed by atoms with E-state index in [1.807, 2.05) is 6.92 Å². The summed E-state index contributed by atoms with van der Waals surface area (Å²) in [6.07, 6.45) is 0.663. The minimum atomic E-state index is -0.466. The molecule has 1 fully saturated rings. The highest BCUT2D eigenvalue weighted by atomic mass is 79.9. The first-order chi connectivity index (χ1) is 13.3. The maximum atomic E-state index is 12.6. The molecular formula is C22H22Br2O4. The smallest absolute Gasteiger partial charge is 0.338 e. The van der Waals surface area contributed by atoms with E-state index in [0.717, 1.165) is 15.4 Å². The molecule has 0 N–H and O–H groups in total. The molecule has 3 rings (SSSR count). The second-order valence-electron chi connectivity index (χ2n) is 7.38. The lowest BCUT2D eigenvalue weighted by Crippen LogP contribution is -2.44. The standard InChI is InChI=1S/C22H22Br2O4/c1-13-11-14(2)20(28-22(26)16-5-9-18(24)10-6-16)19(12-13)27-21(25)15-3-7-17(23)8-4-15/h3-10,13-14,19-20H,11-12H2,1-2H3/t13-,14+,19-,20+/m0/s1. The molecule has 0 aliphatic heterocycles. The van der Waals surface area contributed by atoms with E-state index in [9.17, 15) is 9.59 Å². The Kier molecular flexibility index (Phi) is 6.94. The summed E-state index contributed by atoms with van der Waals surface area (Å²) in [5.41, 5.74) is 0.957. The van der Waals surface area contributed by atoms with Crippen LogP contribution in [-0.4, -0.2) is 24.1 Å². The molecule has 0 bridgehead atoms. The molecule has 1 aliphatic carbocycles. The number of carbonyl (C=O) groups excluding carboxylic acids is 2. The molecule has 1 aliphatic rings. The highest BCUT2D eigenvalue weighted by Gasteiger charge is 2.39. The van der Waals surface area contributed by atoms with Crippen molar-refractivity contribution in [3.05, 3.63) is 68.6 Å². The molecule has 0 spiro atoms. The average molecular weight is 510 g/mol. The van der Waals surface area contributed by atoms with Crippen molar-refractivity contribution in [2.75, 3.05) is 0 Å². The van der Waals surface area contributed by atoms with Crippen LogP contribution in [0, 0.1) is 11.8 Å². The van der Waals surface area contributed by atoms with Gasteiger partial charge in [-0.1, -0.05) is 45.7 Å². The molecule has 4 atom stereocenters. The number of hydrogen-bond donors (Lipinski definition) is 0. The van der Waals surface area contributed by atoms with Gasteiger partial charge in [-0.05, 0) is 73.2 Å². The summed E-state index contributed by atoms with van der Waals surface area (Å²) in [6.45, 7) is 4.17. The van der Waals surface area contributed by atoms with Crippen molar-refractivity contribution in [2.45, 2.75) is 38.9 Å². The Morgan fingerprint density at radius 3 is 1.75 bits per heavy atom. The van der Waals surface area contributed by atoms with Gasteiger partial charge in [-0.25, -0.2) is 9.59 Å².